The van der Waals surface area contributed by atoms with Crippen LogP contribution in [0.25, 0.3) is 10.8 Å². The molecule has 0 spiro atoms. The molecule has 1 N–H and O–H groups in total. The van der Waals surface area contributed by atoms with Gasteiger partial charge >= 0.3 is 11.9 Å². The number of methoxy groups -OCH3 is 2. The molecule has 3 aromatic carbocycles. The van der Waals surface area contributed by atoms with Crippen molar-refractivity contribution in [1.29, 1.82) is 0 Å². The van der Waals surface area contributed by atoms with Crippen LogP contribution in [0, 0.1) is 0 Å². The van der Waals surface area contributed by atoms with Gasteiger partial charge in [-0.1, -0.05) is 48.5 Å². The summed E-state index contributed by atoms with van der Waals surface area (Å²) in [6, 6.07) is 19.5. The van der Waals surface area contributed by atoms with E-state index in [-0.39, 0.29) is 6.61 Å². The maximum absolute atomic E-state index is 13.6. The van der Waals surface area contributed by atoms with Gasteiger partial charge in [0.05, 0.1) is 37.9 Å². The summed E-state index contributed by atoms with van der Waals surface area (Å²) in [6.45, 7) is 3.84. The number of allylic oxidation sites excluding steroid dienone is 1. The molecule has 2 unspecified atom stereocenters. The maximum atomic E-state index is 13.6. The number of esters is 2. The fraction of sp³-hybridized carbons (Fsp3) is 0.267. The second-order valence-electron chi connectivity index (χ2n) is 9.03. The average Bonchev–Trinajstić information content (AvgIpc) is 2.91. The zero-order valence-electron chi connectivity index (χ0n) is 21.3. The monoisotopic (exact) mass is 499 g/mol. The molecule has 5 rings (SSSR count). The molecule has 3 aromatic rings. The largest absolute Gasteiger partial charge is 0.493 e. The van der Waals surface area contributed by atoms with Crippen molar-refractivity contribution in [3.63, 3.8) is 0 Å². The number of hydrogen-bond donors (Lipinski definition) is 1. The first-order chi connectivity index (χ1) is 17.9. The third-order valence-electron chi connectivity index (χ3n) is 6.89. The lowest BCUT2D eigenvalue weighted by Crippen LogP contribution is -2.37. The van der Waals surface area contributed by atoms with Crippen LogP contribution in [0.1, 0.15) is 43.4 Å². The Morgan fingerprint density at radius 1 is 0.973 bits per heavy atom. The number of dihydropyridines is 1. The molecule has 0 aliphatic carbocycles. The standard InChI is InChI=1S/C30H29NO6/c1-5-36-29(32)26-17(2)31-22-16-24(20-12-13-23(34-3)25(15-20)35-4)37-30(33)28(22)27(26)21-11-10-18-8-6-7-9-19(18)14-21/h6-15,24,27,31H,5,16H2,1-4H3. The number of carbonyl (C=O) groups is 2. The fourth-order valence-corrected chi connectivity index (χ4v) is 5.16. The Bertz CT molecular complexity index is 1450. The molecule has 7 nitrogen and oxygen atoms in total. The minimum Gasteiger partial charge on any atom is -0.493 e. The third-order valence-corrected chi connectivity index (χ3v) is 6.89. The van der Waals surface area contributed by atoms with Crippen molar-refractivity contribution in [3.05, 3.63) is 94.3 Å². The van der Waals surface area contributed by atoms with E-state index in [1.54, 1.807) is 27.2 Å². The topological polar surface area (TPSA) is 83.1 Å². The van der Waals surface area contributed by atoms with Gasteiger partial charge in [0.15, 0.2) is 11.5 Å². The van der Waals surface area contributed by atoms with Gasteiger partial charge in [0.25, 0.3) is 0 Å². The summed E-state index contributed by atoms with van der Waals surface area (Å²) in [5, 5.41) is 5.43. The predicted octanol–water partition coefficient (Wildman–Crippen LogP) is 5.32. The molecule has 0 amide bonds. The van der Waals surface area contributed by atoms with Gasteiger partial charge < -0.3 is 24.3 Å². The van der Waals surface area contributed by atoms with Crippen molar-refractivity contribution in [2.24, 2.45) is 0 Å². The molecule has 7 heteroatoms. The normalized spacial score (nSPS) is 19.2. The highest BCUT2D eigenvalue weighted by molar-refractivity contribution is 6.01. The van der Waals surface area contributed by atoms with Crippen molar-refractivity contribution in [2.75, 3.05) is 20.8 Å². The highest BCUT2D eigenvalue weighted by Gasteiger charge is 2.42. The van der Waals surface area contributed by atoms with E-state index in [1.165, 1.54) is 0 Å². The molecular weight excluding hydrogens is 470 g/mol. The van der Waals surface area contributed by atoms with Gasteiger partial charge in [-0.3, -0.25) is 0 Å². The molecule has 0 saturated heterocycles. The van der Waals surface area contributed by atoms with E-state index in [0.29, 0.717) is 34.8 Å². The lowest BCUT2D eigenvalue weighted by atomic mass is 9.78. The molecule has 0 radical (unpaired) electrons. The minimum atomic E-state index is -0.612. The lowest BCUT2D eigenvalue weighted by molar-refractivity contribution is -0.146. The van der Waals surface area contributed by atoms with Crippen molar-refractivity contribution < 1.29 is 28.5 Å². The number of benzene rings is 3. The Balaban J connectivity index is 1.60. The fourth-order valence-electron chi connectivity index (χ4n) is 5.16. The highest BCUT2D eigenvalue weighted by Crippen LogP contribution is 2.46. The van der Waals surface area contributed by atoms with Gasteiger partial charge in [-0.2, -0.15) is 0 Å². The summed E-state index contributed by atoms with van der Waals surface area (Å²) in [7, 11) is 3.14. The van der Waals surface area contributed by atoms with Crippen molar-refractivity contribution in [3.8, 4) is 11.5 Å². The number of fused-ring (bicyclic) bond motifs is 1. The lowest BCUT2D eigenvalue weighted by Gasteiger charge is -2.36. The van der Waals surface area contributed by atoms with Crippen molar-refractivity contribution >= 4 is 22.7 Å². The molecule has 2 aliphatic rings. The molecule has 0 bridgehead atoms. The highest BCUT2D eigenvalue weighted by atomic mass is 16.5. The van der Waals surface area contributed by atoms with Crippen molar-refractivity contribution in [2.45, 2.75) is 32.3 Å². The summed E-state index contributed by atoms with van der Waals surface area (Å²) in [5.74, 6) is -0.382. The summed E-state index contributed by atoms with van der Waals surface area (Å²) >= 11 is 0. The Morgan fingerprint density at radius 3 is 2.43 bits per heavy atom. The Hall–Kier alpha value is -4.26. The first-order valence-corrected chi connectivity index (χ1v) is 12.2. The summed E-state index contributed by atoms with van der Waals surface area (Å²) in [6.07, 6.45) is -0.0959. The number of hydrogen-bond acceptors (Lipinski definition) is 7. The van der Waals surface area contributed by atoms with E-state index < -0.39 is 24.0 Å². The van der Waals surface area contributed by atoms with Gasteiger partial charge in [-0.15, -0.1) is 0 Å². The zero-order valence-corrected chi connectivity index (χ0v) is 21.3. The van der Waals surface area contributed by atoms with Crippen LogP contribution in [-0.2, 0) is 19.1 Å². The van der Waals surface area contributed by atoms with Gasteiger partial charge in [0.1, 0.15) is 6.10 Å². The van der Waals surface area contributed by atoms with Crippen LogP contribution in [0.15, 0.2) is 83.2 Å². The molecular formula is C30H29NO6. The summed E-state index contributed by atoms with van der Waals surface area (Å²) in [4.78, 5) is 26.8. The second-order valence-corrected chi connectivity index (χ2v) is 9.03. The molecule has 0 saturated carbocycles. The second kappa shape index (κ2) is 10.0. The Kier molecular flexibility index (Phi) is 6.61. The summed E-state index contributed by atoms with van der Waals surface area (Å²) < 4.78 is 22.2. The van der Waals surface area contributed by atoms with Crippen molar-refractivity contribution in [1.82, 2.24) is 5.32 Å². The predicted molar refractivity (Wildman–Crippen MR) is 139 cm³/mol. The third kappa shape index (κ3) is 4.42. The average molecular weight is 500 g/mol. The Labute approximate surface area is 215 Å². The van der Waals surface area contributed by atoms with Gasteiger partial charge in [0, 0.05) is 17.8 Å². The number of ether oxygens (including phenoxy) is 4. The minimum absolute atomic E-state index is 0.234. The molecule has 190 valence electrons. The van der Waals surface area contributed by atoms with Gasteiger partial charge in [-0.05, 0) is 47.9 Å². The van der Waals surface area contributed by atoms with Crippen LogP contribution in [0.2, 0.25) is 0 Å². The number of rotatable bonds is 6. The quantitative estimate of drug-likeness (QED) is 0.460. The molecule has 2 atom stereocenters. The zero-order chi connectivity index (χ0) is 26.1. The number of carbonyl (C=O) groups excluding carboxylic acids is 2. The molecule has 2 aliphatic heterocycles. The van der Waals surface area contributed by atoms with Crippen LogP contribution in [0.4, 0.5) is 0 Å². The first-order valence-electron chi connectivity index (χ1n) is 12.2. The van der Waals surface area contributed by atoms with E-state index in [4.69, 9.17) is 18.9 Å². The first kappa shape index (κ1) is 24.4. The van der Waals surface area contributed by atoms with Crippen LogP contribution >= 0.6 is 0 Å². The van der Waals surface area contributed by atoms with Crippen LogP contribution in [0.5, 0.6) is 11.5 Å². The van der Waals surface area contributed by atoms with E-state index in [9.17, 15) is 9.59 Å². The van der Waals surface area contributed by atoms with E-state index >= 15 is 0 Å². The van der Waals surface area contributed by atoms with E-state index in [2.05, 4.69) is 5.32 Å². The SMILES string of the molecule is CCOC(=O)C1=C(C)NC2=C(C(=O)OC(c3ccc(OC)c(OC)c3)C2)C1c1ccc2ccccc2c1. The van der Waals surface area contributed by atoms with E-state index in [0.717, 1.165) is 27.6 Å². The molecule has 0 fully saturated rings. The maximum Gasteiger partial charge on any atom is 0.337 e. The molecule has 2 heterocycles. The Morgan fingerprint density at radius 2 is 1.70 bits per heavy atom. The summed E-state index contributed by atoms with van der Waals surface area (Å²) in [5.41, 5.74) is 3.87. The van der Waals surface area contributed by atoms with E-state index in [1.807, 2.05) is 61.5 Å². The molecule has 0 aromatic heterocycles. The molecule has 37 heavy (non-hydrogen) atoms. The number of nitrogens with one attached hydrogen (secondary N) is 1. The van der Waals surface area contributed by atoms with Crippen LogP contribution in [0.3, 0.4) is 0 Å². The van der Waals surface area contributed by atoms with Crippen LogP contribution in [-0.4, -0.2) is 32.8 Å². The van der Waals surface area contributed by atoms with Gasteiger partial charge in [-0.25, -0.2) is 9.59 Å². The van der Waals surface area contributed by atoms with Crippen LogP contribution < -0.4 is 14.8 Å². The van der Waals surface area contributed by atoms with Gasteiger partial charge in [0.2, 0.25) is 0 Å². The smallest absolute Gasteiger partial charge is 0.337 e. The number of cyclic esters (lactones) is 1.